The van der Waals surface area contributed by atoms with Crippen LogP contribution in [0.2, 0.25) is 0 Å². The van der Waals surface area contributed by atoms with Crippen LogP contribution in [0.25, 0.3) is 0 Å². The summed E-state index contributed by atoms with van der Waals surface area (Å²) >= 11 is 0. The van der Waals surface area contributed by atoms with Crippen LogP contribution in [0.15, 0.2) is 35.5 Å². The third-order valence-corrected chi connectivity index (χ3v) is 5.41. The number of esters is 1. The van der Waals surface area contributed by atoms with Gasteiger partial charge in [0.1, 0.15) is 5.75 Å². The van der Waals surface area contributed by atoms with E-state index in [9.17, 15) is 9.59 Å². The van der Waals surface area contributed by atoms with Gasteiger partial charge in [0.05, 0.1) is 30.5 Å². The number of anilines is 1. The second-order valence-electron chi connectivity index (χ2n) is 7.34. The van der Waals surface area contributed by atoms with Crippen molar-refractivity contribution in [2.24, 2.45) is 0 Å². The van der Waals surface area contributed by atoms with Crippen LogP contribution >= 0.6 is 0 Å². The molecule has 2 aliphatic heterocycles. The number of piperazine rings is 1. The topological polar surface area (TPSA) is 83.1 Å². The number of para-hydroxylation sites is 2. The molecule has 1 saturated heterocycles. The Hall–Kier alpha value is -2.74. The average Bonchev–Trinajstić information content (AvgIpc) is 2.74. The number of benzene rings is 1. The first-order chi connectivity index (χ1) is 14.6. The van der Waals surface area contributed by atoms with Crippen LogP contribution < -0.4 is 20.3 Å². The molecule has 0 saturated carbocycles. The molecule has 0 radical (unpaired) electrons. The lowest BCUT2D eigenvalue weighted by atomic mass is 10.00. The Kier molecular flexibility index (Phi) is 7.57. The highest BCUT2D eigenvalue weighted by atomic mass is 16.5. The lowest BCUT2D eigenvalue weighted by Gasteiger charge is -2.38. The molecule has 0 bridgehead atoms. The van der Waals surface area contributed by atoms with Crippen LogP contribution in [0.1, 0.15) is 27.2 Å². The van der Waals surface area contributed by atoms with Crippen LogP contribution in [-0.2, 0) is 9.53 Å². The summed E-state index contributed by atoms with van der Waals surface area (Å²) in [5.41, 5.74) is 2.28. The Bertz CT molecular complexity index is 787. The number of nitrogens with one attached hydrogen (secondary N) is 2. The fourth-order valence-corrected chi connectivity index (χ4v) is 3.95. The van der Waals surface area contributed by atoms with Gasteiger partial charge in [-0.25, -0.2) is 9.59 Å². The summed E-state index contributed by atoms with van der Waals surface area (Å²) in [6, 6.07) is 7.49. The third-order valence-electron chi connectivity index (χ3n) is 5.41. The maximum absolute atomic E-state index is 12.6. The molecule has 164 valence electrons. The molecule has 1 atom stereocenters. The minimum Gasteiger partial charge on any atom is -0.492 e. The number of carbonyl (C=O) groups excluding carboxylic acids is 2. The van der Waals surface area contributed by atoms with Gasteiger partial charge < -0.3 is 25.0 Å². The highest BCUT2D eigenvalue weighted by molar-refractivity contribution is 5.94. The Morgan fingerprint density at radius 3 is 2.50 bits per heavy atom. The molecule has 1 unspecified atom stereocenters. The average molecular weight is 417 g/mol. The molecule has 0 aromatic heterocycles. The first-order valence-corrected chi connectivity index (χ1v) is 10.7. The van der Waals surface area contributed by atoms with Gasteiger partial charge in [-0.15, -0.1) is 0 Å². The maximum atomic E-state index is 12.6. The smallest absolute Gasteiger partial charge is 0.337 e. The predicted molar refractivity (Wildman–Crippen MR) is 116 cm³/mol. The summed E-state index contributed by atoms with van der Waals surface area (Å²) in [4.78, 5) is 29.2. The Morgan fingerprint density at radius 2 is 1.83 bits per heavy atom. The van der Waals surface area contributed by atoms with Gasteiger partial charge in [0.25, 0.3) is 0 Å². The minimum absolute atomic E-state index is 0.269. The van der Waals surface area contributed by atoms with E-state index >= 15 is 0 Å². The number of carbonyl (C=O) groups is 2. The van der Waals surface area contributed by atoms with Crippen molar-refractivity contribution in [3.63, 3.8) is 0 Å². The summed E-state index contributed by atoms with van der Waals surface area (Å²) in [5, 5.41) is 5.66. The summed E-state index contributed by atoms with van der Waals surface area (Å²) in [6.45, 7) is 10.5. The minimum atomic E-state index is -0.365. The maximum Gasteiger partial charge on any atom is 0.337 e. The Labute approximate surface area is 178 Å². The van der Waals surface area contributed by atoms with E-state index in [0.717, 1.165) is 37.6 Å². The van der Waals surface area contributed by atoms with Gasteiger partial charge in [-0.2, -0.15) is 0 Å². The molecule has 3 rings (SSSR count). The molecule has 8 heteroatoms. The van der Waals surface area contributed by atoms with Gasteiger partial charge in [-0.05, 0) is 32.4 Å². The number of amides is 2. The van der Waals surface area contributed by atoms with E-state index in [4.69, 9.17) is 9.47 Å². The molecule has 2 N–H and O–H groups in total. The monoisotopic (exact) mass is 416 g/mol. The zero-order chi connectivity index (χ0) is 21.5. The molecular weight excluding hydrogens is 384 g/mol. The molecule has 2 aliphatic rings. The van der Waals surface area contributed by atoms with Gasteiger partial charge in [0.2, 0.25) is 0 Å². The lowest BCUT2D eigenvalue weighted by molar-refractivity contribution is -0.139. The van der Waals surface area contributed by atoms with Crippen LogP contribution in [0.4, 0.5) is 10.5 Å². The number of hydrogen-bond donors (Lipinski definition) is 2. The highest BCUT2D eigenvalue weighted by Gasteiger charge is 2.32. The summed E-state index contributed by atoms with van der Waals surface area (Å²) in [6.07, 6.45) is 0.632. The first kappa shape index (κ1) is 22.0. The van der Waals surface area contributed by atoms with Crippen molar-refractivity contribution >= 4 is 17.7 Å². The van der Waals surface area contributed by atoms with Gasteiger partial charge in [0.15, 0.2) is 0 Å². The van der Waals surface area contributed by atoms with Gasteiger partial charge >= 0.3 is 12.0 Å². The summed E-state index contributed by atoms with van der Waals surface area (Å²) in [5.74, 6) is 0.535. The zero-order valence-electron chi connectivity index (χ0n) is 18.1. The van der Waals surface area contributed by atoms with Crippen molar-refractivity contribution in [2.75, 3.05) is 50.8 Å². The fraction of sp³-hybridized carbons (Fsp3) is 0.545. The molecule has 2 heterocycles. The number of nitrogens with zero attached hydrogens (tertiary/aromatic N) is 2. The van der Waals surface area contributed by atoms with E-state index in [0.29, 0.717) is 37.4 Å². The van der Waals surface area contributed by atoms with Crippen LogP contribution in [0, 0.1) is 0 Å². The number of hydrogen-bond acceptors (Lipinski definition) is 6. The van der Waals surface area contributed by atoms with Crippen LogP contribution in [-0.4, -0.2) is 68.9 Å². The quantitative estimate of drug-likeness (QED) is 0.632. The normalized spacial score (nSPS) is 19.9. The fourth-order valence-electron chi connectivity index (χ4n) is 3.95. The zero-order valence-corrected chi connectivity index (χ0v) is 18.1. The SMILES string of the molecule is CCOC(=O)C1=C(CN2CCN(c3ccccc3OCC)CC2)NC(=O)NC1CC. The number of rotatable bonds is 8. The largest absolute Gasteiger partial charge is 0.492 e. The molecule has 0 aliphatic carbocycles. The van der Waals surface area contributed by atoms with E-state index in [1.165, 1.54) is 0 Å². The van der Waals surface area contributed by atoms with E-state index in [-0.39, 0.29) is 18.0 Å². The van der Waals surface area contributed by atoms with Gasteiger partial charge in [-0.1, -0.05) is 19.1 Å². The Morgan fingerprint density at radius 1 is 1.10 bits per heavy atom. The van der Waals surface area contributed by atoms with Crippen LogP contribution in [0.5, 0.6) is 5.75 Å². The van der Waals surface area contributed by atoms with Crippen molar-refractivity contribution in [3.05, 3.63) is 35.5 Å². The predicted octanol–water partition coefficient (Wildman–Crippen LogP) is 2.12. The standard InChI is InChI=1S/C22H32N4O4/c1-4-16-20(21(27)30-6-3)17(24-22(28)23-16)15-25-11-13-26(14-12-25)18-9-7-8-10-19(18)29-5-2/h7-10,16H,4-6,11-15H2,1-3H3,(H2,23,24,28). The first-order valence-electron chi connectivity index (χ1n) is 10.7. The van der Waals surface area contributed by atoms with E-state index < -0.39 is 0 Å². The molecular formula is C22H32N4O4. The van der Waals surface area contributed by atoms with Crippen LogP contribution in [0.3, 0.4) is 0 Å². The molecule has 1 fully saturated rings. The summed E-state index contributed by atoms with van der Waals surface area (Å²) in [7, 11) is 0. The van der Waals surface area contributed by atoms with Crippen molar-refractivity contribution in [1.29, 1.82) is 0 Å². The van der Waals surface area contributed by atoms with Crippen molar-refractivity contribution in [3.8, 4) is 5.75 Å². The highest BCUT2D eigenvalue weighted by Crippen LogP contribution is 2.29. The number of urea groups is 1. The second kappa shape index (κ2) is 10.3. The molecule has 30 heavy (non-hydrogen) atoms. The van der Waals surface area contributed by atoms with Crippen molar-refractivity contribution in [1.82, 2.24) is 15.5 Å². The number of ether oxygens (including phenoxy) is 2. The molecule has 0 spiro atoms. The van der Waals surface area contributed by atoms with E-state index in [1.807, 2.05) is 32.0 Å². The van der Waals surface area contributed by atoms with E-state index in [2.05, 4.69) is 26.5 Å². The Balaban J connectivity index is 1.70. The molecule has 1 aromatic carbocycles. The van der Waals surface area contributed by atoms with Gasteiger partial charge in [-0.3, -0.25) is 4.90 Å². The molecule has 8 nitrogen and oxygen atoms in total. The van der Waals surface area contributed by atoms with Crippen molar-refractivity contribution < 1.29 is 19.1 Å². The van der Waals surface area contributed by atoms with Gasteiger partial charge in [0, 0.05) is 38.4 Å². The molecule has 2 amide bonds. The van der Waals surface area contributed by atoms with E-state index in [1.54, 1.807) is 6.92 Å². The summed E-state index contributed by atoms with van der Waals surface area (Å²) < 4.78 is 11.0. The lowest BCUT2D eigenvalue weighted by Crippen LogP contribution is -2.54. The second-order valence-corrected chi connectivity index (χ2v) is 7.34. The third kappa shape index (κ3) is 5.05. The molecule has 1 aromatic rings. The van der Waals surface area contributed by atoms with Crippen molar-refractivity contribution in [2.45, 2.75) is 33.2 Å².